The molecule has 0 bridgehead atoms. The lowest BCUT2D eigenvalue weighted by Gasteiger charge is -2.26. The number of hydrogen-bond acceptors (Lipinski definition) is 2. The molecule has 2 aromatic carbocycles. The van der Waals surface area contributed by atoms with Gasteiger partial charge < -0.3 is 9.84 Å². The fourth-order valence-electron chi connectivity index (χ4n) is 3.06. The van der Waals surface area contributed by atoms with E-state index < -0.39 is 0 Å². The Kier molecular flexibility index (Phi) is 4.79. The summed E-state index contributed by atoms with van der Waals surface area (Å²) in [7, 11) is 0. The van der Waals surface area contributed by atoms with E-state index in [1.165, 1.54) is 22.3 Å². The summed E-state index contributed by atoms with van der Waals surface area (Å²) in [6, 6.07) is 15.2. The van der Waals surface area contributed by atoms with E-state index >= 15 is 0 Å². The summed E-state index contributed by atoms with van der Waals surface area (Å²) in [5.74, 6) is 1.04. The molecule has 0 aliphatic carbocycles. The summed E-state index contributed by atoms with van der Waals surface area (Å²) in [5.41, 5.74) is 5.13. The number of aliphatic hydroxyl groups is 1. The van der Waals surface area contributed by atoms with Gasteiger partial charge in [0.25, 0.3) is 0 Å². The molecule has 0 radical (unpaired) electrons. The molecule has 116 valence electrons. The van der Waals surface area contributed by atoms with Crippen molar-refractivity contribution in [3.63, 3.8) is 0 Å². The smallest absolute Gasteiger partial charge is 0.122 e. The molecule has 22 heavy (non-hydrogen) atoms. The highest BCUT2D eigenvalue weighted by atomic mass is 16.5. The molecule has 0 amide bonds. The topological polar surface area (TPSA) is 29.5 Å². The van der Waals surface area contributed by atoms with Crippen LogP contribution in [0.3, 0.4) is 0 Å². The largest absolute Gasteiger partial charge is 0.490 e. The fourth-order valence-corrected chi connectivity index (χ4v) is 3.06. The van der Waals surface area contributed by atoms with Crippen molar-refractivity contribution >= 4 is 0 Å². The van der Waals surface area contributed by atoms with Crippen molar-refractivity contribution in [1.29, 1.82) is 0 Å². The molecular formula is C20H24O2. The molecule has 0 spiro atoms. The van der Waals surface area contributed by atoms with Gasteiger partial charge >= 0.3 is 0 Å². The summed E-state index contributed by atoms with van der Waals surface area (Å²) >= 11 is 0. The number of fused-ring (bicyclic) bond motifs is 1. The Balaban J connectivity index is 1.72. The number of rotatable bonds is 5. The highest BCUT2D eigenvalue weighted by Crippen LogP contribution is 2.33. The lowest BCUT2D eigenvalue weighted by atomic mass is 9.95. The highest BCUT2D eigenvalue weighted by molar-refractivity contribution is 5.66. The maximum Gasteiger partial charge on any atom is 0.122 e. The van der Waals surface area contributed by atoms with E-state index in [9.17, 15) is 0 Å². The summed E-state index contributed by atoms with van der Waals surface area (Å²) in [6.07, 6.45) is 5.43. The minimum atomic E-state index is 0.281. The first-order valence-electron chi connectivity index (χ1n) is 8.24. The number of aryl methyl sites for hydroxylation is 2. The molecule has 0 saturated carbocycles. The van der Waals surface area contributed by atoms with Crippen LogP contribution in [0.2, 0.25) is 0 Å². The van der Waals surface area contributed by atoms with E-state index in [0.29, 0.717) is 6.10 Å². The Hall–Kier alpha value is -1.80. The molecule has 1 heterocycles. The van der Waals surface area contributed by atoms with Gasteiger partial charge in [0.1, 0.15) is 5.75 Å². The predicted molar refractivity (Wildman–Crippen MR) is 90.3 cm³/mol. The van der Waals surface area contributed by atoms with E-state index in [0.717, 1.165) is 37.9 Å². The summed E-state index contributed by atoms with van der Waals surface area (Å²) in [5, 5.41) is 8.87. The minimum absolute atomic E-state index is 0.281. The van der Waals surface area contributed by atoms with E-state index in [4.69, 9.17) is 9.84 Å². The molecule has 0 saturated heterocycles. The third-order valence-corrected chi connectivity index (χ3v) is 4.41. The zero-order valence-corrected chi connectivity index (χ0v) is 13.2. The molecule has 0 aromatic heterocycles. The van der Waals surface area contributed by atoms with Gasteiger partial charge in [0, 0.05) is 6.61 Å². The SMILES string of the molecule is Cc1ccc(-c2ccc3c(c2)CCC(CCCCO)O3)cc1. The number of unbranched alkanes of at least 4 members (excludes halogenated alkanes) is 1. The van der Waals surface area contributed by atoms with Crippen molar-refractivity contribution in [3.05, 3.63) is 53.6 Å². The fraction of sp³-hybridized carbons (Fsp3) is 0.400. The van der Waals surface area contributed by atoms with Crippen LogP contribution in [-0.4, -0.2) is 17.8 Å². The quantitative estimate of drug-likeness (QED) is 0.822. The zero-order chi connectivity index (χ0) is 15.4. The van der Waals surface area contributed by atoms with Crippen LogP contribution in [-0.2, 0) is 6.42 Å². The molecule has 2 heteroatoms. The van der Waals surface area contributed by atoms with Crippen LogP contribution in [0.15, 0.2) is 42.5 Å². The average molecular weight is 296 g/mol. The average Bonchev–Trinajstić information content (AvgIpc) is 2.55. The Morgan fingerprint density at radius 1 is 1.05 bits per heavy atom. The van der Waals surface area contributed by atoms with Gasteiger partial charge in [0.05, 0.1) is 6.10 Å². The molecule has 2 aromatic rings. The molecule has 1 aliphatic rings. The molecule has 3 rings (SSSR count). The first-order valence-corrected chi connectivity index (χ1v) is 8.24. The first-order chi connectivity index (χ1) is 10.8. The predicted octanol–water partition coefficient (Wildman–Crippen LogP) is 4.52. The van der Waals surface area contributed by atoms with Crippen LogP contribution >= 0.6 is 0 Å². The van der Waals surface area contributed by atoms with Gasteiger partial charge in [0.15, 0.2) is 0 Å². The van der Waals surface area contributed by atoms with Gasteiger partial charge in [-0.25, -0.2) is 0 Å². The molecule has 2 nitrogen and oxygen atoms in total. The van der Waals surface area contributed by atoms with Crippen LogP contribution in [0, 0.1) is 6.92 Å². The number of benzene rings is 2. The summed E-state index contributed by atoms with van der Waals surface area (Å²) < 4.78 is 6.11. The third kappa shape index (κ3) is 3.50. The third-order valence-electron chi connectivity index (χ3n) is 4.41. The number of ether oxygens (including phenoxy) is 1. The Morgan fingerprint density at radius 3 is 2.59 bits per heavy atom. The van der Waals surface area contributed by atoms with Gasteiger partial charge in [-0.2, -0.15) is 0 Å². The van der Waals surface area contributed by atoms with E-state index in [2.05, 4.69) is 49.4 Å². The standard InChI is InChI=1S/C20H24O2/c1-15-5-7-16(8-6-15)17-10-12-20-18(14-17)9-11-19(22-20)4-2-3-13-21/h5-8,10,12,14,19,21H,2-4,9,11,13H2,1H3. The summed E-state index contributed by atoms with van der Waals surface area (Å²) in [4.78, 5) is 0. The van der Waals surface area contributed by atoms with E-state index in [1.807, 2.05) is 0 Å². The van der Waals surface area contributed by atoms with Gasteiger partial charge in [-0.3, -0.25) is 0 Å². The van der Waals surface area contributed by atoms with Crippen molar-refractivity contribution in [2.45, 2.75) is 45.1 Å². The van der Waals surface area contributed by atoms with Crippen molar-refractivity contribution in [3.8, 4) is 16.9 Å². The van der Waals surface area contributed by atoms with E-state index in [-0.39, 0.29) is 6.61 Å². The molecule has 1 aliphatic heterocycles. The van der Waals surface area contributed by atoms with Gasteiger partial charge in [-0.05, 0) is 67.9 Å². The summed E-state index contributed by atoms with van der Waals surface area (Å²) in [6.45, 7) is 2.39. The monoisotopic (exact) mass is 296 g/mol. The second-order valence-corrected chi connectivity index (χ2v) is 6.19. The number of hydrogen-bond donors (Lipinski definition) is 1. The van der Waals surface area contributed by atoms with Crippen LogP contribution in [0.1, 0.15) is 36.8 Å². The van der Waals surface area contributed by atoms with Gasteiger partial charge in [-0.1, -0.05) is 35.9 Å². The molecule has 0 fully saturated rings. The van der Waals surface area contributed by atoms with Crippen molar-refractivity contribution in [1.82, 2.24) is 0 Å². The second-order valence-electron chi connectivity index (χ2n) is 6.19. The maximum absolute atomic E-state index is 8.87. The first kappa shape index (κ1) is 15.1. The van der Waals surface area contributed by atoms with Crippen LogP contribution in [0.25, 0.3) is 11.1 Å². The minimum Gasteiger partial charge on any atom is -0.490 e. The lowest BCUT2D eigenvalue weighted by Crippen LogP contribution is -2.22. The Labute approximate surface area is 132 Å². The van der Waals surface area contributed by atoms with Gasteiger partial charge in [-0.15, -0.1) is 0 Å². The second kappa shape index (κ2) is 6.97. The Bertz CT molecular complexity index is 616. The molecule has 1 atom stereocenters. The van der Waals surface area contributed by atoms with Crippen LogP contribution in [0.4, 0.5) is 0 Å². The highest BCUT2D eigenvalue weighted by Gasteiger charge is 2.19. The van der Waals surface area contributed by atoms with Crippen molar-refractivity contribution < 1.29 is 9.84 Å². The molecule has 1 N–H and O–H groups in total. The normalized spacial score (nSPS) is 16.9. The maximum atomic E-state index is 8.87. The lowest BCUT2D eigenvalue weighted by molar-refractivity contribution is 0.157. The Morgan fingerprint density at radius 2 is 1.82 bits per heavy atom. The molecular weight excluding hydrogens is 272 g/mol. The molecule has 1 unspecified atom stereocenters. The van der Waals surface area contributed by atoms with Crippen LogP contribution in [0.5, 0.6) is 5.75 Å². The van der Waals surface area contributed by atoms with Crippen molar-refractivity contribution in [2.24, 2.45) is 0 Å². The van der Waals surface area contributed by atoms with Crippen LogP contribution < -0.4 is 4.74 Å². The zero-order valence-electron chi connectivity index (χ0n) is 13.2. The van der Waals surface area contributed by atoms with Crippen molar-refractivity contribution in [2.75, 3.05) is 6.61 Å². The number of aliphatic hydroxyl groups excluding tert-OH is 1. The van der Waals surface area contributed by atoms with Gasteiger partial charge in [0.2, 0.25) is 0 Å². The van der Waals surface area contributed by atoms with E-state index in [1.54, 1.807) is 0 Å².